The third kappa shape index (κ3) is 3.71. The van der Waals surface area contributed by atoms with Crippen LogP contribution in [0.15, 0.2) is 27.2 Å². The van der Waals surface area contributed by atoms with Crippen LogP contribution in [0.25, 0.3) is 10.2 Å². The quantitative estimate of drug-likeness (QED) is 0.709. The van der Waals surface area contributed by atoms with E-state index in [2.05, 4.69) is 49.4 Å². The fourth-order valence-electron chi connectivity index (χ4n) is 2.12. The Balaban J connectivity index is 1.63. The summed E-state index contributed by atoms with van der Waals surface area (Å²) >= 11 is 5.19. The Morgan fingerprint density at radius 2 is 2.18 bits per heavy atom. The molecule has 0 saturated heterocycles. The predicted octanol–water partition coefficient (Wildman–Crippen LogP) is 3.38. The summed E-state index contributed by atoms with van der Waals surface area (Å²) in [5.41, 5.74) is 1.03. The van der Waals surface area contributed by atoms with Crippen molar-refractivity contribution in [2.24, 2.45) is 0 Å². The SMILES string of the molecule is CNC(C)Cc1noc(CCc2nc3cc(Br)ccc3s2)n1. The molecule has 0 aliphatic carbocycles. The van der Waals surface area contributed by atoms with Crippen LogP contribution in [-0.4, -0.2) is 28.2 Å². The summed E-state index contributed by atoms with van der Waals surface area (Å²) in [6.45, 7) is 2.09. The van der Waals surface area contributed by atoms with E-state index in [1.165, 1.54) is 4.70 Å². The number of hydrogen-bond donors (Lipinski definition) is 1. The highest BCUT2D eigenvalue weighted by Crippen LogP contribution is 2.25. The first-order chi connectivity index (χ1) is 10.6. The standard InChI is InChI=1S/C15H17BrN4OS/c1-9(17-2)7-13-19-14(21-20-13)5-6-15-18-11-8-10(16)3-4-12(11)22-15/h3-4,8-9,17H,5-7H2,1-2H3. The van der Waals surface area contributed by atoms with E-state index in [9.17, 15) is 0 Å². The van der Waals surface area contributed by atoms with Gasteiger partial charge in [0.15, 0.2) is 5.82 Å². The fraction of sp³-hybridized carbons (Fsp3) is 0.400. The van der Waals surface area contributed by atoms with E-state index in [4.69, 9.17) is 4.52 Å². The molecule has 22 heavy (non-hydrogen) atoms. The summed E-state index contributed by atoms with van der Waals surface area (Å²) in [7, 11) is 1.93. The van der Waals surface area contributed by atoms with Crippen LogP contribution >= 0.6 is 27.3 Å². The summed E-state index contributed by atoms with van der Waals surface area (Å²) in [6.07, 6.45) is 2.32. The van der Waals surface area contributed by atoms with Crippen LogP contribution in [0.3, 0.4) is 0 Å². The van der Waals surface area contributed by atoms with E-state index in [-0.39, 0.29) is 0 Å². The van der Waals surface area contributed by atoms with Gasteiger partial charge < -0.3 is 9.84 Å². The van der Waals surface area contributed by atoms with Gasteiger partial charge in [-0.3, -0.25) is 0 Å². The normalized spacial score (nSPS) is 12.9. The molecule has 1 unspecified atom stereocenters. The van der Waals surface area contributed by atoms with Crippen LogP contribution in [0.1, 0.15) is 23.6 Å². The van der Waals surface area contributed by atoms with Crippen LogP contribution in [-0.2, 0) is 19.3 Å². The van der Waals surface area contributed by atoms with Crippen LogP contribution < -0.4 is 5.32 Å². The van der Waals surface area contributed by atoms with Gasteiger partial charge in [-0.1, -0.05) is 21.1 Å². The number of likely N-dealkylation sites (N-methyl/N-ethyl adjacent to an activating group) is 1. The molecule has 116 valence electrons. The number of benzene rings is 1. The molecule has 2 aromatic heterocycles. The van der Waals surface area contributed by atoms with E-state index in [0.29, 0.717) is 11.9 Å². The average molecular weight is 381 g/mol. The van der Waals surface area contributed by atoms with Crippen LogP contribution in [0.4, 0.5) is 0 Å². The van der Waals surface area contributed by atoms with Gasteiger partial charge in [0.1, 0.15) is 0 Å². The highest BCUT2D eigenvalue weighted by molar-refractivity contribution is 9.10. The molecule has 5 nitrogen and oxygen atoms in total. The second-order valence-corrected chi connectivity index (χ2v) is 7.25. The number of hydrogen-bond acceptors (Lipinski definition) is 6. The highest BCUT2D eigenvalue weighted by Gasteiger charge is 2.11. The molecule has 0 amide bonds. The Morgan fingerprint density at radius 3 is 3.00 bits per heavy atom. The second-order valence-electron chi connectivity index (χ2n) is 5.22. The van der Waals surface area contributed by atoms with Crippen LogP contribution in [0, 0.1) is 0 Å². The molecule has 1 atom stereocenters. The van der Waals surface area contributed by atoms with Gasteiger partial charge in [0.2, 0.25) is 5.89 Å². The largest absolute Gasteiger partial charge is 0.339 e. The van der Waals surface area contributed by atoms with Crippen molar-refractivity contribution >= 4 is 37.5 Å². The van der Waals surface area contributed by atoms with Crippen molar-refractivity contribution in [3.05, 3.63) is 39.4 Å². The minimum Gasteiger partial charge on any atom is -0.339 e. The summed E-state index contributed by atoms with van der Waals surface area (Å²) in [5.74, 6) is 1.43. The van der Waals surface area contributed by atoms with Crippen molar-refractivity contribution in [3.8, 4) is 0 Å². The fourth-order valence-corrected chi connectivity index (χ4v) is 3.42. The Kier molecular flexibility index (Phi) is 4.85. The first-order valence-electron chi connectivity index (χ1n) is 7.17. The van der Waals surface area contributed by atoms with E-state index < -0.39 is 0 Å². The van der Waals surface area contributed by atoms with Crippen LogP contribution in [0.5, 0.6) is 0 Å². The summed E-state index contributed by atoms with van der Waals surface area (Å²) in [4.78, 5) is 9.08. The molecular formula is C15H17BrN4OS. The lowest BCUT2D eigenvalue weighted by Gasteiger charge is -2.04. The number of nitrogens with one attached hydrogen (secondary N) is 1. The van der Waals surface area contributed by atoms with Crippen molar-refractivity contribution in [3.63, 3.8) is 0 Å². The molecule has 0 saturated carbocycles. The lowest BCUT2D eigenvalue weighted by Crippen LogP contribution is -2.24. The van der Waals surface area contributed by atoms with Crippen molar-refractivity contribution in [1.29, 1.82) is 0 Å². The Labute approximate surface area is 141 Å². The Hall–Kier alpha value is -1.31. The van der Waals surface area contributed by atoms with Crippen molar-refractivity contribution < 1.29 is 4.52 Å². The van der Waals surface area contributed by atoms with Crippen molar-refractivity contribution in [1.82, 2.24) is 20.4 Å². The van der Waals surface area contributed by atoms with Gasteiger partial charge in [0.25, 0.3) is 0 Å². The van der Waals surface area contributed by atoms with Gasteiger partial charge in [0.05, 0.1) is 15.2 Å². The Bertz CT molecular complexity index is 770. The topological polar surface area (TPSA) is 63.8 Å². The monoisotopic (exact) mass is 380 g/mol. The molecule has 0 aliphatic heterocycles. The smallest absolute Gasteiger partial charge is 0.227 e. The van der Waals surface area contributed by atoms with Gasteiger partial charge in [-0.2, -0.15) is 4.98 Å². The number of nitrogens with zero attached hydrogens (tertiary/aromatic N) is 3. The number of rotatable bonds is 6. The summed E-state index contributed by atoms with van der Waals surface area (Å²) in [6, 6.07) is 6.51. The maximum absolute atomic E-state index is 5.31. The zero-order chi connectivity index (χ0) is 15.5. The number of halogens is 1. The van der Waals surface area contributed by atoms with E-state index in [0.717, 1.165) is 40.1 Å². The predicted molar refractivity (Wildman–Crippen MR) is 91.3 cm³/mol. The molecule has 3 rings (SSSR count). The Morgan fingerprint density at radius 1 is 1.32 bits per heavy atom. The number of thiazole rings is 1. The summed E-state index contributed by atoms with van der Waals surface area (Å²) in [5, 5.41) is 8.28. The number of aromatic nitrogens is 3. The average Bonchev–Trinajstić information content (AvgIpc) is 3.10. The molecule has 0 bridgehead atoms. The molecule has 3 aromatic rings. The zero-order valence-corrected chi connectivity index (χ0v) is 14.9. The third-order valence-corrected chi connectivity index (χ3v) is 5.03. The maximum Gasteiger partial charge on any atom is 0.227 e. The molecule has 1 N–H and O–H groups in total. The van der Waals surface area contributed by atoms with Crippen molar-refractivity contribution in [2.75, 3.05) is 7.05 Å². The van der Waals surface area contributed by atoms with E-state index in [1.807, 2.05) is 19.2 Å². The van der Waals surface area contributed by atoms with Gasteiger partial charge in [-0.15, -0.1) is 11.3 Å². The first-order valence-corrected chi connectivity index (χ1v) is 8.78. The summed E-state index contributed by atoms with van der Waals surface area (Å²) < 4.78 is 7.56. The molecule has 0 spiro atoms. The van der Waals surface area contributed by atoms with Gasteiger partial charge in [-0.25, -0.2) is 4.98 Å². The first kappa shape index (κ1) is 15.6. The molecule has 0 radical (unpaired) electrons. The van der Waals surface area contributed by atoms with Gasteiger partial charge in [-0.05, 0) is 32.2 Å². The maximum atomic E-state index is 5.31. The highest BCUT2D eigenvalue weighted by atomic mass is 79.9. The molecular weight excluding hydrogens is 364 g/mol. The third-order valence-electron chi connectivity index (χ3n) is 3.44. The molecule has 7 heteroatoms. The van der Waals surface area contributed by atoms with Crippen LogP contribution in [0.2, 0.25) is 0 Å². The minimum atomic E-state index is 0.341. The number of fused-ring (bicyclic) bond motifs is 1. The van der Waals surface area contributed by atoms with E-state index >= 15 is 0 Å². The second kappa shape index (κ2) is 6.85. The molecule has 1 aromatic carbocycles. The number of aryl methyl sites for hydroxylation is 2. The molecule has 2 heterocycles. The van der Waals surface area contributed by atoms with Crippen molar-refractivity contribution in [2.45, 2.75) is 32.2 Å². The minimum absolute atomic E-state index is 0.341. The van der Waals surface area contributed by atoms with Gasteiger partial charge >= 0.3 is 0 Å². The molecule has 0 fully saturated rings. The van der Waals surface area contributed by atoms with E-state index in [1.54, 1.807) is 11.3 Å². The zero-order valence-electron chi connectivity index (χ0n) is 12.5. The lowest BCUT2D eigenvalue weighted by molar-refractivity contribution is 0.371. The lowest BCUT2D eigenvalue weighted by atomic mass is 10.2. The molecule has 0 aliphatic rings. The van der Waals surface area contributed by atoms with Gasteiger partial charge in [0, 0.05) is 29.8 Å².